The lowest BCUT2D eigenvalue weighted by molar-refractivity contribution is 0.1000. The minimum atomic E-state index is -0.367. The predicted octanol–water partition coefficient (Wildman–Crippen LogP) is 1.27. The molecule has 1 fully saturated rings. The number of hydrogen-bond acceptors (Lipinski definition) is 3. The average Bonchev–Trinajstić information content (AvgIpc) is 2.77. The summed E-state index contributed by atoms with van der Waals surface area (Å²) < 4.78 is 0. The molecule has 0 bridgehead atoms. The molecule has 1 amide bonds. The highest BCUT2D eigenvalue weighted by molar-refractivity contribution is 5.94. The molecular formula is C14H21N3O. The Morgan fingerprint density at radius 3 is 2.72 bits per heavy atom. The zero-order valence-corrected chi connectivity index (χ0v) is 11.0. The number of nitrogens with two attached hydrogens (primary N) is 2. The van der Waals surface area contributed by atoms with Crippen LogP contribution in [-0.4, -0.2) is 25.0 Å². The molecule has 1 aromatic rings. The number of anilines is 1. The molecule has 0 aromatic heterocycles. The number of benzene rings is 1. The number of carbonyl (C=O) groups excluding carboxylic acids is 1. The minimum absolute atomic E-state index is 0.237. The summed E-state index contributed by atoms with van der Waals surface area (Å²) in [6.45, 7) is 6.01. The molecule has 1 aliphatic rings. The van der Waals surface area contributed by atoms with E-state index in [1.54, 1.807) is 0 Å². The van der Waals surface area contributed by atoms with Crippen molar-refractivity contribution in [3.05, 3.63) is 29.3 Å². The van der Waals surface area contributed by atoms with Gasteiger partial charge in [-0.2, -0.15) is 0 Å². The average molecular weight is 247 g/mol. The number of aryl methyl sites for hydroxylation is 1. The van der Waals surface area contributed by atoms with E-state index in [-0.39, 0.29) is 11.9 Å². The van der Waals surface area contributed by atoms with Crippen molar-refractivity contribution < 1.29 is 4.79 Å². The fraction of sp³-hybridized carbons (Fsp3) is 0.500. The summed E-state index contributed by atoms with van der Waals surface area (Å²) in [5.41, 5.74) is 13.9. The van der Waals surface area contributed by atoms with Crippen molar-refractivity contribution in [3.8, 4) is 0 Å². The Hall–Kier alpha value is -1.55. The van der Waals surface area contributed by atoms with Crippen molar-refractivity contribution in [2.45, 2.75) is 26.3 Å². The second-order valence-corrected chi connectivity index (χ2v) is 5.22. The predicted molar refractivity (Wildman–Crippen MR) is 73.7 cm³/mol. The van der Waals surface area contributed by atoms with Crippen LogP contribution in [0.4, 0.5) is 5.69 Å². The van der Waals surface area contributed by atoms with Crippen LogP contribution >= 0.6 is 0 Å². The van der Waals surface area contributed by atoms with E-state index in [9.17, 15) is 4.79 Å². The van der Waals surface area contributed by atoms with Crippen LogP contribution in [0.1, 0.15) is 29.3 Å². The Labute approximate surface area is 108 Å². The van der Waals surface area contributed by atoms with Crippen molar-refractivity contribution in [1.29, 1.82) is 0 Å². The zero-order valence-electron chi connectivity index (χ0n) is 11.0. The Balaban J connectivity index is 2.16. The number of primary amides is 1. The number of nitrogens with zero attached hydrogens (tertiary/aromatic N) is 1. The molecule has 0 saturated carbocycles. The molecule has 2 rings (SSSR count). The molecule has 2 unspecified atom stereocenters. The zero-order chi connectivity index (χ0) is 13.3. The van der Waals surface area contributed by atoms with Gasteiger partial charge in [-0.3, -0.25) is 4.79 Å². The third kappa shape index (κ3) is 2.48. The molecule has 1 heterocycles. The quantitative estimate of drug-likeness (QED) is 0.844. The van der Waals surface area contributed by atoms with E-state index in [0.29, 0.717) is 11.5 Å². The first-order chi connectivity index (χ1) is 8.49. The van der Waals surface area contributed by atoms with Gasteiger partial charge in [-0.1, -0.05) is 0 Å². The standard InChI is InChI=1S/C14H21N3O/c1-9-7-12(3-4-13(9)14(16)18)17-6-5-11(8-17)10(2)15/h3-4,7,10-11H,5-6,8,15H2,1-2H3,(H2,16,18). The van der Waals surface area contributed by atoms with E-state index in [4.69, 9.17) is 11.5 Å². The van der Waals surface area contributed by atoms with Gasteiger partial charge < -0.3 is 16.4 Å². The minimum Gasteiger partial charge on any atom is -0.371 e. The molecule has 4 nitrogen and oxygen atoms in total. The van der Waals surface area contributed by atoms with E-state index in [1.807, 2.05) is 25.1 Å². The van der Waals surface area contributed by atoms with Crippen molar-refractivity contribution in [3.63, 3.8) is 0 Å². The lowest BCUT2D eigenvalue weighted by atomic mass is 10.0. The number of rotatable bonds is 3. The van der Waals surface area contributed by atoms with Crippen LogP contribution in [0.15, 0.2) is 18.2 Å². The van der Waals surface area contributed by atoms with Crippen LogP contribution in [0.25, 0.3) is 0 Å². The molecule has 1 aromatic carbocycles. The maximum Gasteiger partial charge on any atom is 0.248 e. The number of hydrogen-bond donors (Lipinski definition) is 2. The number of amides is 1. The second kappa shape index (κ2) is 4.98. The first-order valence-electron chi connectivity index (χ1n) is 6.40. The van der Waals surface area contributed by atoms with Gasteiger partial charge in [0.25, 0.3) is 0 Å². The van der Waals surface area contributed by atoms with Gasteiger partial charge in [0.05, 0.1) is 0 Å². The summed E-state index contributed by atoms with van der Waals surface area (Å²) in [7, 11) is 0. The fourth-order valence-electron chi connectivity index (χ4n) is 2.57. The third-order valence-electron chi connectivity index (χ3n) is 3.81. The van der Waals surface area contributed by atoms with Crippen molar-refractivity contribution in [2.75, 3.05) is 18.0 Å². The van der Waals surface area contributed by atoms with Crippen molar-refractivity contribution in [1.82, 2.24) is 0 Å². The van der Waals surface area contributed by atoms with Gasteiger partial charge in [0, 0.05) is 30.4 Å². The summed E-state index contributed by atoms with van der Waals surface area (Å²) >= 11 is 0. The van der Waals surface area contributed by atoms with Crippen LogP contribution < -0.4 is 16.4 Å². The summed E-state index contributed by atoms with van der Waals surface area (Å²) in [5, 5.41) is 0. The maximum absolute atomic E-state index is 11.2. The Morgan fingerprint density at radius 1 is 1.50 bits per heavy atom. The molecular weight excluding hydrogens is 226 g/mol. The van der Waals surface area contributed by atoms with Crippen LogP contribution in [0, 0.1) is 12.8 Å². The summed E-state index contributed by atoms with van der Waals surface area (Å²) in [5.74, 6) is 0.190. The molecule has 0 aliphatic carbocycles. The molecule has 0 radical (unpaired) electrons. The smallest absolute Gasteiger partial charge is 0.248 e. The summed E-state index contributed by atoms with van der Waals surface area (Å²) in [4.78, 5) is 13.5. The highest BCUT2D eigenvalue weighted by atomic mass is 16.1. The Kier molecular flexibility index (Phi) is 3.57. The maximum atomic E-state index is 11.2. The SMILES string of the molecule is Cc1cc(N2CCC(C(C)N)C2)ccc1C(N)=O. The second-order valence-electron chi connectivity index (χ2n) is 5.22. The highest BCUT2D eigenvalue weighted by Crippen LogP contribution is 2.26. The Morgan fingerprint density at radius 2 is 2.22 bits per heavy atom. The van der Waals surface area contributed by atoms with E-state index < -0.39 is 0 Å². The monoisotopic (exact) mass is 247 g/mol. The summed E-state index contributed by atoms with van der Waals surface area (Å²) in [6, 6.07) is 6.05. The summed E-state index contributed by atoms with van der Waals surface area (Å²) in [6.07, 6.45) is 1.13. The van der Waals surface area contributed by atoms with Gasteiger partial charge in [0.2, 0.25) is 5.91 Å². The van der Waals surface area contributed by atoms with Gasteiger partial charge in [-0.05, 0) is 49.9 Å². The first kappa shape index (κ1) is 12.9. The van der Waals surface area contributed by atoms with Gasteiger partial charge in [0.15, 0.2) is 0 Å². The molecule has 1 saturated heterocycles. The topological polar surface area (TPSA) is 72.3 Å². The molecule has 0 spiro atoms. The van der Waals surface area contributed by atoms with E-state index in [1.165, 1.54) is 0 Å². The fourth-order valence-corrected chi connectivity index (χ4v) is 2.57. The van der Waals surface area contributed by atoms with Crippen LogP contribution in [-0.2, 0) is 0 Å². The highest BCUT2D eigenvalue weighted by Gasteiger charge is 2.25. The molecule has 18 heavy (non-hydrogen) atoms. The molecule has 2 atom stereocenters. The first-order valence-corrected chi connectivity index (χ1v) is 6.40. The van der Waals surface area contributed by atoms with E-state index in [0.717, 1.165) is 30.8 Å². The van der Waals surface area contributed by atoms with Gasteiger partial charge in [-0.15, -0.1) is 0 Å². The Bertz CT molecular complexity index is 456. The number of carbonyl (C=O) groups is 1. The van der Waals surface area contributed by atoms with Gasteiger partial charge in [0.1, 0.15) is 0 Å². The molecule has 98 valence electrons. The van der Waals surface area contributed by atoms with Gasteiger partial charge in [-0.25, -0.2) is 0 Å². The van der Waals surface area contributed by atoms with E-state index in [2.05, 4.69) is 11.8 Å². The molecule has 1 aliphatic heterocycles. The van der Waals surface area contributed by atoms with Gasteiger partial charge >= 0.3 is 0 Å². The van der Waals surface area contributed by atoms with Crippen LogP contribution in [0.5, 0.6) is 0 Å². The third-order valence-corrected chi connectivity index (χ3v) is 3.81. The largest absolute Gasteiger partial charge is 0.371 e. The lowest BCUT2D eigenvalue weighted by Gasteiger charge is -2.21. The lowest BCUT2D eigenvalue weighted by Crippen LogP contribution is -2.29. The van der Waals surface area contributed by atoms with Crippen molar-refractivity contribution >= 4 is 11.6 Å². The van der Waals surface area contributed by atoms with Crippen LogP contribution in [0.3, 0.4) is 0 Å². The van der Waals surface area contributed by atoms with E-state index >= 15 is 0 Å². The van der Waals surface area contributed by atoms with Crippen molar-refractivity contribution in [2.24, 2.45) is 17.4 Å². The normalized spacial score (nSPS) is 21.1. The molecule has 4 heteroatoms. The molecule has 4 N–H and O–H groups in total. The van der Waals surface area contributed by atoms with Crippen LogP contribution in [0.2, 0.25) is 0 Å².